The van der Waals surface area contributed by atoms with Gasteiger partial charge in [-0.2, -0.15) is 0 Å². The number of pyridine rings is 1. The molecule has 2 N–H and O–H groups in total. The molecule has 5 nitrogen and oxygen atoms in total. The molecule has 0 saturated carbocycles. The van der Waals surface area contributed by atoms with Gasteiger partial charge in [0.25, 0.3) is 5.56 Å². The second kappa shape index (κ2) is 6.58. The maximum Gasteiger partial charge on any atom is 0.251 e. The molecular formula is C12H13ClN4OS. The number of nitrogens with one attached hydrogen (secondary N) is 2. The van der Waals surface area contributed by atoms with Crippen LogP contribution in [0.25, 0.3) is 0 Å². The molecule has 2 aromatic heterocycles. The molecule has 0 saturated heterocycles. The third-order valence-corrected chi connectivity index (χ3v) is 3.51. The zero-order valence-electron chi connectivity index (χ0n) is 10.3. The fraction of sp³-hybridized carbons (Fsp3) is 0.250. The number of rotatable bonds is 5. The predicted octanol–water partition coefficient (Wildman–Crippen LogP) is 2.54. The van der Waals surface area contributed by atoms with E-state index in [1.54, 1.807) is 0 Å². The second-order valence-electron chi connectivity index (χ2n) is 3.68. The van der Waals surface area contributed by atoms with Crippen LogP contribution in [-0.2, 0) is 5.75 Å². The molecule has 0 aliphatic rings. The van der Waals surface area contributed by atoms with Gasteiger partial charge in [-0.05, 0) is 19.1 Å². The summed E-state index contributed by atoms with van der Waals surface area (Å²) in [5, 5.41) is 4.29. The number of H-pyrrole nitrogens is 1. The first-order valence-electron chi connectivity index (χ1n) is 5.76. The Balaban J connectivity index is 2.10. The third kappa shape index (κ3) is 3.97. The smallest absolute Gasteiger partial charge is 0.251 e. The van der Waals surface area contributed by atoms with Crippen LogP contribution in [0.2, 0.25) is 5.02 Å². The summed E-state index contributed by atoms with van der Waals surface area (Å²) in [6.07, 6.45) is 1.48. The quantitative estimate of drug-likeness (QED) is 0.655. The van der Waals surface area contributed by atoms with Gasteiger partial charge in [-0.25, -0.2) is 9.97 Å². The third-order valence-electron chi connectivity index (χ3n) is 2.27. The topological polar surface area (TPSA) is 70.7 Å². The lowest BCUT2D eigenvalue weighted by Gasteiger charge is -2.07. The Morgan fingerprint density at radius 2 is 2.26 bits per heavy atom. The van der Waals surface area contributed by atoms with Crippen molar-refractivity contribution in [3.63, 3.8) is 0 Å². The number of aromatic nitrogens is 3. The van der Waals surface area contributed by atoms with E-state index >= 15 is 0 Å². The van der Waals surface area contributed by atoms with Crippen molar-refractivity contribution in [3.8, 4) is 0 Å². The van der Waals surface area contributed by atoms with Gasteiger partial charge < -0.3 is 10.3 Å². The molecule has 0 radical (unpaired) electrons. The van der Waals surface area contributed by atoms with Crippen LogP contribution >= 0.6 is 23.4 Å². The van der Waals surface area contributed by atoms with E-state index in [0.29, 0.717) is 15.9 Å². The first kappa shape index (κ1) is 13.9. The summed E-state index contributed by atoms with van der Waals surface area (Å²) >= 11 is 7.49. The van der Waals surface area contributed by atoms with Crippen molar-refractivity contribution < 1.29 is 0 Å². The van der Waals surface area contributed by atoms with Crippen molar-refractivity contribution in [1.82, 2.24) is 15.0 Å². The summed E-state index contributed by atoms with van der Waals surface area (Å²) in [7, 11) is 0. The normalized spacial score (nSPS) is 10.4. The van der Waals surface area contributed by atoms with Gasteiger partial charge in [0.15, 0.2) is 5.16 Å². The largest absolute Gasteiger partial charge is 0.370 e. The molecule has 0 aliphatic heterocycles. The molecule has 0 spiro atoms. The van der Waals surface area contributed by atoms with Crippen LogP contribution < -0.4 is 10.9 Å². The van der Waals surface area contributed by atoms with Gasteiger partial charge in [0, 0.05) is 24.6 Å². The Kier molecular flexibility index (Phi) is 4.81. The van der Waals surface area contributed by atoms with Crippen LogP contribution in [0.5, 0.6) is 0 Å². The minimum absolute atomic E-state index is 0.169. The van der Waals surface area contributed by atoms with Crippen molar-refractivity contribution in [2.75, 3.05) is 11.9 Å². The minimum Gasteiger partial charge on any atom is -0.370 e. The van der Waals surface area contributed by atoms with E-state index in [1.165, 1.54) is 24.0 Å². The Hall–Kier alpha value is -1.53. The monoisotopic (exact) mass is 296 g/mol. The Morgan fingerprint density at radius 1 is 1.42 bits per heavy atom. The molecule has 0 fully saturated rings. The number of hydrogen-bond acceptors (Lipinski definition) is 5. The highest BCUT2D eigenvalue weighted by Gasteiger charge is 2.06. The Morgan fingerprint density at radius 3 is 3.00 bits per heavy atom. The van der Waals surface area contributed by atoms with E-state index < -0.39 is 0 Å². The first-order valence-corrected chi connectivity index (χ1v) is 7.13. The highest BCUT2D eigenvalue weighted by atomic mass is 35.5. The van der Waals surface area contributed by atoms with E-state index in [1.807, 2.05) is 19.1 Å². The molecule has 100 valence electrons. The zero-order chi connectivity index (χ0) is 13.7. The number of aromatic amines is 1. The lowest BCUT2D eigenvalue weighted by Crippen LogP contribution is -2.05. The Bertz CT molecular complexity index is 617. The van der Waals surface area contributed by atoms with Gasteiger partial charge in [-0.15, -0.1) is 0 Å². The van der Waals surface area contributed by atoms with E-state index in [2.05, 4.69) is 20.3 Å². The molecular weight excluding hydrogens is 284 g/mol. The maximum atomic E-state index is 11.1. The molecule has 0 amide bonds. The van der Waals surface area contributed by atoms with Crippen molar-refractivity contribution in [1.29, 1.82) is 0 Å². The highest BCUT2D eigenvalue weighted by Crippen LogP contribution is 2.23. The minimum atomic E-state index is -0.169. The van der Waals surface area contributed by atoms with Crippen LogP contribution in [0.4, 0.5) is 5.82 Å². The number of anilines is 1. The molecule has 2 heterocycles. The molecule has 19 heavy (non-hydrogen) atoms. The summed E-state index contributed by atoms with van der Waals surface area (Å²) in [6.45, 7) is 2.80. The number of thioether (sulfide) groups is 1. The van der Waals surface area contributed by atoms with E-state index in [0.717, 1.165) is 18.1 Å². The standard InChI is InChI=1S/C12H13ClN4OS/c1-2-14-10-4-3-8(13)9(16-10)7-19-12-15-6-5-11(18)17-12/h3-6H,2,7H2,1H3,(H,14,16)(H,15,17,18). The van der Waals surface area contributed by atoms with Crippen LogP contribution in [0.15, 0.2) is 34.3 Å². The number of nitrogens with zero attached hydrogens (tertiary/aromatic N) is 2. The molecule has 0 unspecified atom stereocenters. The number of hydrogen-bond donors (Lipinski definition) is 2. The van der Waals surface area contributed by atoms with Crippen molar-refractivity contribution >= 4 is 29.2 Å². The summed E-state index contributed by atoms with van der Waals surface area (Å²) in [4.78, 5) is 22.3. The fourth-order valence-corrected chi connectivity index (χ4v) is 2.48. The van der Waals surface area contributed by atoms with Crippen LogP contribution in [0.1, 0.15) is 12.6 Å². The highest BCUT2D eigenvalue weighted by molar-refractivity contribution is 7.98. The molecule has 0 aliphatic carbocycles. The summed E-state index contributed by atoms with van der Waals surface area (Å²) in [5.74, 6) is 1.34. The first-order chi connectivity index (χ1) is 9.19. The molecule has 0 bridgehead atoms. The van der Waals surface area contributed by atoms with Crippen molar-refractivity contribution in [2.24, 2.45) is 0 Å². The predicted molar refractivity (Wildman–Crippen MR) is 77.8 cm³/mol. The zero-order valence-corrected chi connectivity index (χ0v) is 11.9. The fourth-order valence-electron chi connectivity index (χ4n) is 1.43. The van der Waals surface area contributed by atoms with Crippen molar-refractivity contribution in [3.05, 3.63) is 45.5 Å². The summed E-state index contributed by atoms with van der Waals surface area (Å²) in [5.41, 5.74) is 0.592. The SMILES string of the molecule is CCNc1ccc(Cl)c(CSc2nccc(=O)[nH]2)n1. The van der Waals surface area contributed by atoms with Gasteiger partial charge in [0.1, 0.15) is 5.82 Å². The van der Waals surface area contributed by atoms with E-state index in [4.69, 9.17) is 11.6 Å². The van der Waals surface area contributed by atoms with Crippen molar-refractivity contribution in [2.45, 2.75) is 17.8 Å². The molecule has 0 aromatic carbocycles. The van der Waals surface area contributed by atoms with Gasteiger partial charge >= 0.3 is 0 Å². The lowest BCUT2D eigenvalue weighted by molar-refractivity contribution is 0.935. The van der Waals surface area contributed by atoms with E-state index in [-0.39, 0.29) is 5.56 Å². The summed E-state index contributed by atoms with van der Waals surface area (Å²) < 4.78 is 0. The van der Waals surface area contributed by atoms with Crippen LogP contribution in [-0.4, -0.2) is 21.5 Å². The van der Waals surface area contributed by atoms with Gasteiger partial charge in [0.05, 0.1) is 10.7 Å². The molecule has 7 heteroatoms. The van der Waals surface area contributed by atoms with Gasteiger partial charge in [-0.3, -0.25) is 4.79 Å². The van der Waals surface area contributed by atoms with E-state index in [9.17, 15) is 4.79 Å². The molecule has 2 aromatic rings. The number of halogens is 1. The second-order valence-corrected chi connectivity index (χ2v) is 5.05. The van der Waals surface area contributed by atoms with Crippen LogP contribution in [0, 0.1) is 0 Å². The average Bonchev–Trinajstić information content (AvgIpc) is 2.40. The lowest BCUT2D eigenvalue weighted by atomic mass is 10.3. The molecule has 2 rings (SSSR count). The molecule has 0 atom stereocenters. The summed E-state index contributed by atoms with van der Waals surface area (Å²) in [6, 6.07) is 5.02. The average molecular weight is 297 g/mol. The Labute approximate surface area is 119 Å². The van der Waals surface area contributed by atoms with Crippen LogP contribution in [0.3, 0.4) is 0 Å². The van der Waals surface area contributed by atoms with Gasteiger partial charge in [-0.1, -0.05) is 23.4 Å². The van der Waals surface area contributed by atoms with Gasteiger partial charge in [0.2, 0.25) is 0 Å². The maximum absolute atomic E-state index is 11.1.